The van der Waals surface area contributed by atoms with Crippen molar-refractivity contribution in [2.75, 3.05) is 6.61 Å². The highest BCUT2D eigenvalue weighted by Crippen LogP contribution is 2.13. The Kier molecular flexibility index (Phi) is 3.46. The number of ether oxygens (including phenoxy) is 1. The minimum absolute atomic E-state index is 0.0842. The van der Waals surface area contributed by atoms with Crippen molar-refractivity contribution in [3.63, 3.8) is 0 Å². The number of hydrogen-bond donors (Lipinski definition) is 0. The van der Waals surface area contributed by atoms with E-state index >= 15 is 0 Å². The van der Waals surface area contributed by atoms with Crippen molar-refractivity contribution < 1.29 is 9.53 Å². The molecule has 0 saturated heterocycles. The highest BCUT2D eigenvalue weighted by molar-refractivity contribution is 14.1. The quantitative estimate of drug-likeness (QED) is 0.521. The van der Waals surface area contributed by atoms with Crippen LogP contribution in [-0.4, -0.2) is 10.6 Å². The van der Waals surface area contributed by atoms with Crippen LogP contribution in [0.15, 0.2) is 0 Å². The van der Waals surface area contributed by atoms with Crippen LogP contribution in [0.2, 0.25) is 0 Å². The number of carbonyl (C=O) groups is 1. The lowest BCUT2D eigenvalue weighted by molar-refractivity contribution is 0.132. The summed E-state index contributed by atoms with van der Waals surface area (Å²) in [5.41, 5.74) is 0.0842. The van der Waals surface area contributed by atoms with Gasteiger partial charge >= 0.3 is 3.98 Å². The number of rotatable bonds is 1. The van der Waals surface area contributed by atoms with E-state index in [9.17, 15) is 4.79 Å². The third-order valence-electron chi connectivity index (χ3n) is 0.619. The SMILES string of the molecule is CC(C)(C)COC(=O)I. The second kappa shape index (κ2) is 3.39. The second-order valence-electron chi connectivity index (χ2n) is 3.09. The van der Waals surface area contributed by atoms with Crippen molar-refractivity contribution >= 4 is 26.6 Å². The van der Waals surface area contributed by atoms with Crippen LogP contribution < -0.4 is 0 Å². The summed E-state index contributed by atoms with van der Waals surface area (Å²) in [5, 5.41) is 0. The average molecular weight is 242 g/mol. The van der Waals surface area contributed by atoms with Gasteiger partial charge in [0.05, 0.1) is 29.2 Å². The molecular weight excluding hydrogens is 231 g/mol. The summed E-state index contributed by atoms with van der Waals surface area (Å²) < 4.78 is 4.52. The predicted molar refractivity (Wildman–Crippen MR) is 44.8 cm³/mol. The predicted octanol–water partition coefficient (Wildman–Crippen LogP) is 2.60. The van der Waals surface area contributed by atoms with Crippen LogP contribution in [0, 0.1) is 5.41 Å². The van der Waals surface area contributed by atoms with Crippen LogP contribution in [0.5, 0.6) is 0 Å². The van der Waals surface area contributed by atoms with E-state index in [1.54, 1.807) is 22.6 Å². The molecule has 0 spiro atoms. The topological polar surface area (TPSA) is 26.3 Å². The van der Waals surface area contributed by atoms with E-state index in [0.717, 1.165) is 0 Å². The fourth-order valence-corrected chi connectivity index (χ4v) is 0.429. The van der Waals surface area contributed by atoms with Crippen LogP contribution >= 0.6 is 22.6 Å². The molecule has 0 unspecified atom stereocenters. The Bertz CT molecular complexity index is 104. The summed E-state index contributed by atoms with van der Waals surface area (Å²) in [7, 11) is 0. The van der Waals surface area contributed by atoms with Gasteiger partial charge < -0.3 is 4.74 Å². The summed E-state index contributed by atoms with van der Waals surface area (Å²) in [4.78, 5) is 10.3. The Morgan fingerprint density at radius 1 is 1.56 bits per heavy atom. The molecule has 0 heterocycles. The molecule has 0 aromatic heterocycles. The molecule has 0 aliphatic rings. The van der Waals surface area contributed by atoms with E-state index in [1.165, 1.54) is 0 Å². The first kappa shape index (κ1) is 9.20. The number of carbonyl (C=O) groups excluding carboxylic acids is 1. The first-order valence-electron chi connectivity index (χ1n) is 2.74. The fraction of sp³-hybridized carbons (Fsp3) is 0.833. The third-order valence-corrected chi connectivity index (χ3v) is 0.930. The average Bonchev–Trinajstić information content (AvgIpc) is 1.59. The van der Waals surface area contributed by atoms with Crippen LogP contribution in [0.1, 0.15) is 20.8 Å². The zero-order valence-electron chi connectivity index (χ0n) is 5.90. The molecule has 9 heavy (non-hydrogen) atoms. The Morgan fingerprint density at radius 2 is 2.00 bits per heavy atom. The summed E-state index contributed by atoms with van der Waals surface area (Å²) in [6.45, 7) is 6.56. The molecule has 0 rings (SSSR count). The van der Waals surface area contributed by atoms with Gasteiger partial charge in [0.15, 0.2) is 0 Å². The second-order valence-corrected chi connectivity index (χ2v) is 3.97. The van der Waals surface area contributed by atoms with E-state index in [4.69, 9.17) is 4.74 Å². The maximum Gasteiger partial charge on any atom is 0.367 e. The van der Waals surface area contributed by atoms with Gasteiger partial charge in [-0.3, -0.25) is 0 Å². The van der Waals surface area contributed by atoms with E-state index < -0.39 is 0 Å². The highest BCUT2D eigenvalue weighted by atomic mass is 127. The van der Waals surface area contributed by atoms with Gasteiger partial charge in [0.25, 0.3) is 0 Å². The van der Waals surface area contributed by atoms with E-state index in [-0.39, 0.29) is 9.39 Å². The van der Waals surface area contributed by atoms with Gasteiger partial charge in [0.1, 0.15) is 0 Å². The molecule has 0 fully saturated rings. The minimum Gasteiger partial charge on any atom is -0.458 e. The lowest BCUT2D eigenvalue weighted by atomic mass is 9.99. The monoisotopic (exact) mass is 242 g/mol. The highest BCUT2D eigenvalue weighted by Gasteiger charge is 2.11. The van der Waals surface area contributed by atoms with Crippen LogP contribution in [0.4, 0.5) is 4.79 Å². The summed E-state index contributed by atoms with van der Waals surface area (Å²) in [6, 6.07) is 0. The molecule has 0 saturated carbocycles. The van der Waals surface area contributed by atoms with Crippen LogP contribution in [-0.2, 0) is 4.74 Å². The maximum atomic E-state index is 10.3. The van der Waals surface area contributed by atoms with Gasteiger partial charge in [-0.2, -0.15) is 0 Å². The standard InChI is InChI=1S/C6H11IO2/c1-6(2,3)4-9-5(7)8/h4H2,1-3H3. The van der Waals surface area contributed by atoms with Gasteiger partial charge in [-0.15, -0.1) is 0 Å². The Labute approximate surface area is 69.1 Å². The van der Waals surface area contributed by atoms with Crippen molar-refractivity contribution in [3.8, 4) is 0 Å². The molecule has 0 atom stereocenters. The van der Waals surface area contributed by atoms with Gasteiger partial charge in [0.2, 0.25) is 0 Å². The van der Waals surface area contributed by atoms with Crippen LogP contribution in [0.3, 0.4) is 0 Å². The molecule has 3 heteroatoms. The molecule has 2 nitrogen and oxygen atoms in total. The van der Waals surface area contributed by atoms with Crippen molar-refractivity contribution in [2.24, 2.45) is 5.41 Å². The molecule has 0 aliphatic heterocycles. The molecule has 0 aromatic carbocycles. The van der Waals surface area contributed by atoms with Crippen molar-refractivity contribution in [2.45, 2.75) is 20.8 Å². The van der Waals surface area contributed by atoms with Gasteiger partial charge in [0, 0.05) is 0 Å². The zero-order chi connectivity index (χ0) is 7.49. The van der Waals surface area contributed by atoms with E-state index in [0.29, 0.717) is 6.61 Å². The largest absolute Gasteiger partial charge is 0.458 e. The third kappa shape index (κ3) is 8.20. The zero-order valence-corrected chi connectivity index (χ0v) is 8.06. The van der Waals surface area contributed by atoms with Crippen molar-refractivity contribution in [1.82, 2.24) is 0 Å². The molecule has 54 valence electrons. The molecule has 0 amide bonds. The Balaban J connectivity index is 3.39. The van der Waals surface area contributed by atoms with E-state index in [2.05, 4.69) is 0 Å². The summed E-state index contributed by atoms with van der Waals surface area (Å²) in [6.07, 6.45) is 0. The number of hydrogen-bond acceptors (Lipinski definition) is 2. The first-order chi connectivity index (χ1) is 3.92. The Hall–Kier alpha value is 0.200. The summed E-state index contributed by atoms with van der Waals surface area (Å²) in [5.74, 6) is 0. The van der Waals surface area contributed by atoms with Crippen molar-refractivity contribution in [1.29, 1.82) is 0 Å². The molecule has 0 N–H and O–H groups in total. The maximum absolute atomic E-state index is 10.3. The number of halogens is 1. The Morgan fingerprint density at radius 3 is 2.11 bits per heavy atom. The first-order valence-corrected chi connectivity index (χ1v) is 3.82. The lowest BCUT2D eigenvalue weighted by Gasteiger charge is -2.16. The molecule has 0 aliphatic carbocycles. The van der Waals surface area contributed by atoms with Gasteiger partial charge in [-0.05, 0) is 5.41 Å². The van der Waals surface area contributed by atoms with Crippen LogP contribution in [0.25, 0.3) is 0 Å². The lowest BCUT2D eigenvalue weighted by Crippen LogP contribution is -2.15. The minimum atomic E-state index is -0.234. The van der Waals surface area contributed by atoms with Crippen molar-refractivity contribution in [3.05, 3.63) is 0 Å². The molecule has 0 radical (unpaired) electrons. The normalized spacial score (nSPS) is 11.1. The molecular formula is C6H11IO2. The van der Waals surface area contributed by atoms with Gasteiger partial charge in [-0.1, -0.05) is 20.8 Å². The van der Waals surface area contributed by atoms with Gasteiger partial charge in [-0.25, -0.2) is 4.79 Å². The fourth-order valence-electron chi connectivity index (χ4n) is 0.273. The molecule has 0 aromatic rings. The summed E-state index contributed by atoms with van der Waals surface area (Å²) >= 11 is 1.62. The smallest absolute Gasteiger partial charge is 0.367 e. The van der Waals surface area contributed by atoms with E-state index in [1.807, 2.05) is 20.8 Å². The molecule has 0 bridgehead atoms.